The lowest BCUT2D eigenvalue weighted by atomic mass is 10.1. The molecule has 32 heavy (non-hydrogen) atoms. The normalized spacial score (nSPS) is 16.6. The van der Waals surface area contributed by atoms with E-state index in [1.54, 1.807) is 9.80 Å². The van der Waals surface area contributed by atoms with Gasteiger partial charge in [0, 0.05) is 37.0 Å². The molecule has 4 rings (SSSR count). The minimum Gasteiger partial charge on any atom is -0.474 e. The Morgan fingerprint density at radius 2 is 2.09 bits per heavy atom. The van der Waals surface area contributed by atoms with Crippen molar-refractivity contribution >= 4 is 39.9 Å². The van der Waals surface area contributed by atoms with E-state index in [-0.39, 0.29) is 25.0 Å². The summed E-state index contributed by atoms with van der Waals surface area (Å²) in [5.74, 6) is 0.0366. The molecule has 9 nitrogen and oxygen atoms in total. The first-order valence-corrected chi connectivity index (χ1v) is 11.0. The number of carbonyl (C=O) groups excluding carboxylic acids is 2. The van der Waals surface area contributed by atoms with Gasteiger partial charge in [-0.05, 0) is 36.8 Å². The van der Waals surface area contributed by atoms with Crippen molar-refractivity contribution in [1.29, 1.82) is 0 Å². The van der Waals surface area contributed by atoms with Crippen LogP contribution in [-0.4, -0.2) is 71.0 Å². The summed E-state index contributed by atoms with van der Waals surface area (Å²) in [4.78, 5) is 38.7. The van der Waals surface area contributed by atoms with Gasteiger partial charge in [0.1, 0.15) is 18.2 Å². The van der Waals surface area contributed by atoms with Crippen LogP contribution in [0.3, 0.4) is 0 Å². The van der Waals surface area contributed by atoms with E-state index in [4.69, 9.17) is 15.2 Å². The highest BCUT2D eigenvalue weighted by molar-refractivity contribution is 7.13. The number of ether oxygens (including phenoxy) is 2. The van der Waals surface area contributed by atoms with E-state index in [9.17, 15) is 9.59 Å². The lowest BCUT2D eigenvalue weighted by Crippen LogP contribution is -2.60. The van der Waals surface area contributed by atoms with Crippen molar-refractivity contribution in [2.75, 3.05) is 39.1 Å². The summed E-state index contributed by atoms with van der Waals surface area (Å²) in [6.45, 7) is 3.23. The van der Waals surface area contributed by atoms with Gasteiger partial charge in [0.05, 0.1) is 12.1 Å². The molecule has 168 valence electrons. The van der Waals surface area contributed by atoms with Crippen molar-refractivity contribution < 1.29 is 19.1 Å². The van der Waals surface area contributed by atoms with Gasteiger partial charge < -0.3 is 25.0 Å². The topological polar surface area (TPSA) is 111 Å². The van der Waals surface area contributed by atoms with Crippen LogP contribution in [0.1, 0.15) is 10.4 Å². The van der Waals surface area contributed by atoms with Crippen LogP contribution in [0.4, 0.5) is 5.82 Å². The number of nitrogens with two attached hydrogens (primary N) is 1. The van der Waals surface area contributed by atoms with Gasteiger partial charge in [0.2, 0.25) is 5.91 Å². The number of amides is 2. The predicted octanol–water partition coefficient (Wildman–Crippen LogP) is 1.85. The van der Waals surface area contributed by atoms with Gasteiger partial charge in [-0.25, -0.2) is 9.97 Å². The van der Waals surface area contributed by atoms with E-state index in [1.807, 2.05) is 37.3 Å². The number of thiophene rings is 1. The Bertz CT molecular complexity index is 1130. The SMILES string of the molecule is COC[C@H]1C(=O)N(Cc2ccc3c(N)ncnc3c2)CCN1C(=O)COc1ccc(C)s1. The molecule has 1 aliphatic heterocycles. The minimum absolute atomic E-state index is 0.112. The maximum atomic E-state index is 13.2. The predicted molar refractivity (Wildman–Crippen MR) is 121 cm³/mol. The van der Waals surface area contributed by atoms with E-state index < -0.39 is 6.04 Å². The molecule has 3 aromatic rings. The van der Waals surface area contributed by atoms with E-state index in [2.05, 4.69) is 9.97 Å². The number of nitrogens with zero attached hydrogens (tertiary/aromatic N) is 4. The van der Waals surface area contributed by atoms with Gasteiger partial charge >= 0.3 is 0 Å². The molecule has 2 N–H and O–H groups in total. The summed E-state index contributed by atoms with van der Waals surface area (Å²) < 4.78 is 10.9. The number of fused-ring (bicyclic) bond motifs is 1. The average Bonchev–Trinajstić information content (AvgIpc) is 3.20. The zero-order valence-corrected chi connectivity index (χ0v) is 18.8. The molecule has 1 fully saturated rings. The van der Waals surface area contributed by atoms with Crippen LogP contribution in [0.5, 0.6) is 5.06 Å². The number of aromatic nitrogens is 2. The van der Waals surface area contributed by atoms with Crippen LogP contribution in [-0.2, 0) is 20.9 Å². The highest BCUT2D eigenvalue weighted by Gasteiger charge is 2.37. The van der Waals surface area contributed by atoms with Crippen molar-refractivity contribution in [3.8, 4) is 5.06 Å². The monoisotopic (exact) mass is 455 g/mol. The summed E-state index contributed by atoms with van der Waals surface area (Å²) in [7, 11) is 1.52. The van der Waals surface area contributed by atoms with Crippen molar-refractivity contribution in [2.24, 2.45) is 0 Å². The number of piperazine rings is 1. The van der Waals surface area contributed by atoms with Gasteiger partial charge in [-0.1, -0.05) is 6.07 Å². The lowest BCUT2D eigenvalue weighted by molar-refractivity contribution is -0.155. The third kappa shape index (κ3) is 4.66. The molecular weight excluding hydrogens is 430 g/mol. The van der Waals surface area contributed by atoms with Crippen LogP contribution in [0.2, 0.25) is 0 Å². The molecule has 0 radical (unpaired) electrons. The largest absolute Gasteiger partial charge is 0.474 e. The summed E-state index contributed by atoms with van der Waals surface area (Å²) in [6, 6.07) is 8.77. The van der Waals surface area contributed by atoms with E-state index in [0.717, 1.165) is 21.3 Å². The fourth-order valence-electron chi connectivity index (χ4n) is 3.76. The second-order valence-electron chi connectivity index (χ2n) is 7.58. The number of anilines is 1. The molecule has 2 aromatic heterocycles. The summed E-state index contributed by atoms with van der Waals surface area (Å²) in [6.07, 6.45) is 1.42. The van der Waals surface area contributed by atoms with Crippen LogP contribution in [0.25, 0.3) is 10.9 Å². The summed E-state index contributed by atoms with van der Waals surface area (Å²) in [5, 5.41) is 1.46. The Morgan fingerprint density at radius 3 is 2.84 bits per heavy atom. The standard InChI is InChI=1S/C22H25N5O4S/c1-14-3-6-20(32-14)31-12-19(28)27-8-7-26(22(29)18(27)11-30-2)10-15-4-5-16-17(9-15)24-13-25-21(16)23/h3-6,9,13,18H,7-8,10-12H2,1-2H3,(H2,23,24,25)/t18-/m0/s1. The van der Waals surface area contributed by atoms with Crippen molar-refractivity contribution in [1.82, 2.24) is 19.8 Å². The quantitative estimate of drug-likeness (QED) is 0.579. The van der Waals surface area contributed by atoms with E-state index >= 15 is 0 Å². The fourth-order valence-corrected chi connectivity index (χ4v) is 4.47. The second-order valence-corrected chi connectivity index (χ2v) is 8.83. The van der Waals surface area contributed by atoms with Crippen LogP contribution in [0, 0.1) is 6.92 Å². The first-order chi connectivity index (χ1) is 15.5. The maximum absolute atomic E-state index is 13.2. The third-order valence-corrected chi connectivity index (χ3v) is 6.30. The number of hydrogen-bond acceptors (Lipinski definition) is 8. The van der Waals surface area contributed by atoms with Gasteiger partial charge in [0.15, 0.2) is 11.7 Å². The van der Waals surface area contributed by atoms with Crippen LogP contribution < -0.4 is 10.5 Å². The maximum Gasteiger partial charge on any atom is 0.261 e. The van der Waals surface area contributed by atoms with E-state index in [0.29, 0.717) is 30.5 Å². The Labute approximate surface area is 189 Å². The summed E-state index contributed by atoms with van der Waals surface area (Å²) >= 11 is 1.48. The van der Waals surface area contributed by atoms with Gasteiger partial charge in [-0.3, -0.25) is 9.59 Å². The Kier molecular flexibility index (Phi) is 6.52. The van der Waals surface area contributed by atoms with Gasteiger partial charge in [-0.2, -0.15) is 0 Å². The van der Waals surface area contributed by atoms with Crippen molar-refractivity contribution in [3.05, 3.63) is 47.1 Å². The second kappa shape index (κ2) is 9.49. The molecule has 0 unspecified atom stereocenters. The highest BCUT2D eigenvalue weighted by Crippen LogP contribution is 2.24. The number of methoxy groups -OCH3 is 1. The van der Waals surface area contributed by atoms with Crippen LogP contribution >= 0.6 is 11.3 Å². The fraction of sp³-hybridized carbons (Fsp3) is 0.364. The third-order valence-electron chi connectivity index (χ3n) is 5.39. The van der Waals surface area contributed by atoms with Crippen LogP contribution in [0.15, 0.2) is 36.7 Å². The number of carbonyl (C=O) groups is 2. The molecule has 0 aliphatic carbocycles. The minimum atomic E-state index is -0.687. The number of rotatable bonds is 7. The molecule has 1 aromatic carbocycles. The first-order valence-electron chi connectivity index (χ1n) is 10.2. The molecule has 1 aliphatic rings. The lowest BCUT2D eigenvalue weighted by Gasteiger charge is -2.40. The number of aryl methyl sites for hydroxylation is 1. The summed E-state index contributed by atoms with van der Waals surface area (Å²) in [5.41, 5.74) is 7.55. The number of hydrogen-bond donors (Lipinski definition) is 1. The Morgan fingerprint density at radius 1 is 1.25 bits per heavy atom. The van der Waals surface area contributed by atoms with Crippen molar-refractivity contribution in [2.45, 2.75) is 19.5 Å². The molecule has 0 bridgehead atoms. The smallest absolute Gasteiger partial charge is 0.261 e. The Balaban J connectivity index is 1.44. The molecule has 0 saturated carbocycles. The van der Waals surface area contributed by atoms with Gasteiger partial charge in [-0.15, -0.1) is 11.3 Å². The zero-order chi connectivity index (χ0) is 22.7. The first kappa shape index (κ1) is 22.0. The molecule has 1 saturated heterocycles. The molecule has 3 heterocycles. The number of nitrogen functional groups attached to an aromatic ring is 1. The van der Waals surface area contributed by atoms with E-state index in [1.165, 1.54) is 24.8 Å². The number of benzene rings is 1. The molecule has 1 atom stereocenters. The molecule has 10 heteroatoms. The molecule has 2 amide bonds. The molecule has 0 spiro atoms. The zero-order valence-electron chi connectivity index (χ0n) is 18.0. The Hall–Kier alpha value is -3.24. The molecular formula is C22H25N5O4S. The van der Waals surface area contributed by atoms with Crippen molar-refractivity contribution in [3.63, 3.8) is 0 Å². The van der Waals surface area contributed by atoms with Gasteiger partial charge in [0.25, 0.3) is 5.91 Å². The highest BCUT2D eigenvalue weighted by atomic mass is 32.1. The average molecular weight is 456 g/mol.